The average Bonchev–Trinajstić information content (AvgIpc) is 2.15. The maximum Gasteiger partial charge on any atom is 0.303 e. The molecule has 1 rings (SSSR count). The number of hydrogen-bond acceptors (Lipinski definition) is 2. The van der Waals surface area contributed by atoms with Gasteiger partial charge in [-0.15, -0.1) is 0 Å². The highest BCUT2D eigenvalue weighted by atomic mass is 19.1. The fourth-order valence-corrected chi connectivity index (χ4v) is 1.21. The molecule has 1 heterocycles. The quantitative estimate of drug-likeness (QED) is 0.831. The number of rotatable bonds is 4. The van der Waals surface area contributed by atoms with Gasteiger partial charge in [0.2, 0.25) is 0 Å². The van der Waals surface area contributed by atoms with Crippen molar-refractivity contribution < 1.29 is 14.3 Å². The first kappa shape index (κ1) is 11.6. The summed E-state index contributed by atoms with van der Waals surface area (Å²) in [5.74, 6) is -1.13. The van der Waals surface area contributed by atoms with Crippen LogP contribution in [-0.4, -0.2) is 16.1 Å². The Labute approximate surface area is 88.0 Å². The van der Waals surface area contributed by atoms with Crippen molar-refractivity contribution in [2.45, 2.75) is 32.6 Å². The van der Waals surface area contributed by atoms with Crippen molar-refractivity contribution in [2.75, 3.05) is 0 Å². The number of aromatic nitrogens is 1. The summed E-state index contributed by atoms with van der Waals surface area (Å²) in [6, 6.07) is 1.43. The fraction of sp³-hybridized carbons (Fsp3) is 0.455. The van der Waals surface area contributed by atoms with Crippen LogP contribution in [0.25, 0.3) is 0 Å². The van der Waals surface area contributed by atoms with Crippen LogP contribution in [0.5, 0.6) is 0 Å². The normalized spacial score (nSPS) is 10.7. The molecule has 0 aromatic carbocycles. The summed E-state index contributed by atoms with van der Waals surface area (Å²) < 4.78 is 13.4. The van der Waals surface area contributed by atoms with Crippen LogP contribution in [0, 0.1) is 5.82 Å². The van der Waals surface area contributed by atoms with E-state index < -0.39 is 11.8 Å². The molecule has 15 heavy (non-hydrogen) atoms. The highest BCUT2D eigenvalue weighted by Gasteiger charge is 2.09. The molecule has 82 valence electrons. The zero-order valence-corrected chi connectivity index (χ0v) is 8.83. The van der Waals surface area contributed by atoms with E-state index >= 15 is 0 Å². The van der Waals surface area contributed by atoms with Crippen LogP contribution < -0.4 is 0 Å². The molecule has 0 saturated carbocycles. The maximum absolute atomic E-state index is 13.4. The van der Waals surface area contributed by atoms with E-state index in [2.05, 4.69) is 4.98 Å². The lowest BCUT2D eigenvalue weighted by molar-refractivity contribution is -0.136. The van der Waals surface area contributed by atoms with E-state index in [-0.39, 0.29) is 24.5 Å². The molecular formula is C11H14FNO2. The highest BCUT2D eigenvalue weighted by molar-refractivity contribution is 5.66. The number of carboxylic acids is 1. The molecule has 0 aliphatic carbocycles. The lowest BCUT2D eigenvalue weighted by atomic mass is 10.0. The van der Waals surface area contributed by atoms with Crippen LogP contribution in [0.1, 0.15) is 37.4 Å². The minimum absolute atomic E-state index is 0.0923. The predicted octanol–water partition coefficient (Wildman–Crippen LogP) is 2.36. The molecule has 1 N–H and O–H groups in total. The van der Waals surface area contributed by atoms with E-state index in [1.807, 2.05) is 13.8 Å². The van der Waals surface area contributed by atoms with E-state index in [0.717, 1.165) is 5.56 Å². The summed E-state index contributed by atoms with van der Waals surface area (Å²) in [7, 11) is 0. The summed E-state index contributed by atoms with van der Waals surface area (Å²) in [5, 5.41) is 8.46. The molecule has 1 aromatic rings. The first-order valence-electron chi connectivity index (χ1n) is 4.87. The molecule has 0 spiro atoms. The SMILES string of the molecule is CC(C)c1cnc(CCC(=O)O)c(F)c1. The van der Waals surface area contributed by atoms with Crippen molar-refractivity contribution in [1.82, 2.24) is 4.98 Å². The second-order valence-corrected chi connectivity index (χ2v) is 3.75. The Morgan fingerprint density at radius 3 is 2.73 bits per heavy atom. The number of nitrogens with zero attached hydrogens (tertiary/aromatic N) is 1. The van der Waals surface area contributed by atoms with Crippen LogP contribution in [-0.2, 0) is 11.2 Å². The first-order chi connectivity index (χ1) is 7.00. The molecule has 0 aliphatic heterocycles. The van der Waals surface area contributed by atoms with Crippen molar-refractivity contribution in [1.29, 1.82) is 0 Å². The van der Waals surface area contributed by atoms with Gasteiger partial charge in [-0.1, -0.05) is 13.8 Å². The minimum Gasteiger partial charge on any atom is -0.481 e. The van der Waals surface area contributed by atoms with Gasteiger partial charge < -0.3 is 5.11 Å². The number of pyridine rings is 1. The number of carboxylic acid groups (broad SMARTS) is 1. The first-order valence-corrected chi connectivity index (χ1v) is 4.87. The summed E-state index contributed by atoms with van der Waals surface area (Å²) in [6.07, 6.45) is 1.65. The van der Waals surface area contributed by atoms with Crippen molar-refractivity contribution in [3.05, 3.63) is 29.3 Å². The standard InChI is InChI=1S/C11H14FNO2/c1-7(2)8-5-9(12)10(13-6-8)3-4-11(14)15/h5-7H,3-4H2,1-2H3,(H,14,15). The number of halogens is 1. The van der Waals surface area contributed by atoms with Gasteiger partial charge in [0.05, 0.1) is 12.1 Å². The van der Waals surface area contributed by atoms with Gasteiger partial charge in [-0.05, 0) is 17.5 Å². The third kappa shape index (κ3) is 3.31. The van der Waals surface area contributed by atoms with E-state index in [4.69, 9.17) is 5.11 Å². The van der Waals surface area contributed by atoms with E-state index in [1.54, 1.807) is 6.20 Å². The smallest absolute Gasteiger partial charge is 0.303 e. The highest BCUT2D eigenvalue weighted by Crippen LogP contribution is 2.16. The van der Waals surface area contributed by atoms with Crippen LogP contribution >= 0.6 is 0 Å². The van der Waals surface area contributed by atoms with Gasteiger partial charge in [0.1, 0.15) is 5.82 Å². The largest absolute Gasteiger partial charge is 0.481 e. The summed E-state index contributed by atoms with van der Waals surface area (Å²) >= 11 is 0. The molecule has 3 nitrogen and oxygen atoms in total. The van der Waals surface area contributed by atoms with Gasteiger partial charge in [-0.3, -0.25) is 9.78 Å². The van der Waals surface area contributed by atoms with E-state index in [1.165, 1.54) is 6.07 Å². The van der Waals surface area contributed by atoms with Crippen molar-refractivity contribution in [3.8, 4) is 0 Å². The summed E-state index contributed by atoms with van der Waals surface area (Å²) in [5.41, 5.74) is 1.05. The summed E-state index contributed by atoms with van der Waals surface area (Å²) in [4.78, 5) is 14.2. The lowest BCUT2D eigenvalue weighted by Crippen LogP contribution is -2.03. The van der Waals surface area contributed by atoms with Crippen LogP contribution in [0.2, 0.25) is 0 Å². The van der Waals surface area contributed by atoms with Crippen molar-refractivity contribution in [2.24, 2.45) is 0 Å². The molecule has 0 unspecified atom stereocenters. The zero-order valence-electron chi connectivity index (χ0n) is 8.83. The Kier molecular flexibility index (Phi) is 3.77. The number of aliphatic carboxylic acids is 1. The third-order valence-electron chi connectivity index (χ3n) is 2.18. The van der Waals surface area contributed by atoms with Crippen LogP contribution in [0.3, 0.4) is 0 Å². The Morgan fingerprint density at radius 2 is 2.27 bits per heavy atom. The van der Waals surface area contributed by atoms with Crippen molar-refractivity contribution >= 4 is 5.97 Å². The van der Waals surface area contributed by atoms with Crippen LogP contribution in [0.15, 0.2) is 12.3 Å². The van der Waals surface area contributed by atoms with Crippen molar-refractivity contribution in [3.63, 3.8) is 0 Å². The Balaban J connectivity index is 2.79. The Hall–Kier alpha value is -1.45. The van der Waals surface area contributed by atoms with Gasteiger partial charge in [0, 0.05) is 12.6 Å². The molecule has 4 heteroatoms. The molecule has 0 fully saturated rings. The Bertz CT molecular complexity index is 364. The fourth-order valence-electron chi connectivity index (χ4n) is 1.21. The van der Waals surface area contributed by atoms with Gasteiger partial charge in [0.25, 0.3) is 0 Å². The lowest BCUT2D eigenvalue weighted by Gasteiger charge is -2.06. The van der Waals surface area contributed by atoms with Gasteiger partial charge in [-0.25, -0.2) is 4.39 Å². The number of carbonyl (C=O) groups is 1. The average molecular weight is 211 g/mol. The molecule has 0 amide bonds. The maximum atomic E-state index is 13.4. The topological polar surface area (TPSA) is 50.2 Å². The summed E-state index contributed by atoms with van der Waals surface area (Å²) in [6.45, 7) is 3.90. The molecule has 1 aromatic heterocycles. The molecular weight excluding hydrogens is 197 g/mol. The molecule has 0 saturated heterocycles. The number of aryl methyl sites for hydroxylation is 1. The minimum atomic E-state index is -0.941. The predicted molar refractivity (Wildman–Crippen MR) is 54.2 cm³/mol. The molecule has 0 aliphatic rings. The Morgan fingerprint density at radius 1 is 1.60 bits per heavy atom. The van der Waals surface area contributed by atoms with Crippen LogP contribution in [0.4, 0.5) is 4.39 Å². The van der Waals surface area contributed by atoms with Gasteiger partial charge >= 0.3 is 5.97 Å². The van der Waals surface area contributed by atoms with Gasteiger partial charge in [0.15, 0.2) is 0 Å². The molecule has 0 atom stereocenters. The van der Waals surface area contributed by atoms with Gasteiger partial charge in [-0.2, -0.15) is 0 Å². The third-order valence-corrected chi connectivity index (χ3v) is 2.18. The number of hydrogen-bond donors (Lipinski definition) is 1. The monoisotopic (exact) mass is 211 g/mol. The second-order valence-electron chi connectivity index (χ2n) is 3.75. The second kappa shape index (κ2) is 4.87. The molecule has 0 radical (unpaired) electrons. The molecule has 0 bridgehead atoms. The van der Waals surface area contributed by atoms with E-state index in [0.29, 0.717) is 0 Å². The zero-order chi connectivity index (χ0) is 11.4. The van der Waals surface area contributed by atoms with E-state index in [9.17, 15) is 9.18 Å².